The molecular weight excluding hydrogens is 420 g/mol. The summed E-state index contributed by atoms with van der Waals surface area (Å²) >= 11 is 0. The van der Waals surface area contributed by atoms with Crippen LogP contribution in [0.25, 0.3) is 0 Å². The van der Waals surface area contributed by atoms with Gasteiger partial charge in [-0.2, -0.15) is 0 Å². The highest BCUT2D eigenvalue weighted by molar-refractivity contribution is 4.51. The first kappa shape index (κ1) is 31.6. The number of unbranched alkanes of at least 4 members (excludes halogenated alkanes) is 17. The molecule has 0 unspecified atom stereocenters. The molecule has 3 heteroatoms. The minimum absolute atomic E-state index is 0. The summed E-state index contributed by atoms with van der Waals surface area (Å²) in [6.45, 7) is 6.11. The highest BCUT2D eigenvalue weighted by Crippen LogP contribution is 2.14. The van der Waals surface area contributed by atoms with Crippen LogP contribution in [0.2, 0.25) is 0 Å². The lowest BCUT2D eigenvalue weighted by Gasteiger charge is -2.31. The predicted octanol–water partition coefficient (Wildman–Crippen LogP) is 4.67. The van der Waals surface area contributed by atoms with E-state index in [1.165, 1.54) is 140 Å². The van der Waals surface area contributed by atoms with Crippen molar-refractivity contribution in [1.29, 1.82) is 0 Å². The van der Waals surface area contributed by atoms with Gasteiger partial charge in [-0.25, -0.2) is 0 Å². The fourth-order valence-corrected chi connectivity index (χ4v) is 4.02. The van der Waals surface area contributed by atoms with Gasteiger partial charge in [0.15, 0.2) is 0 Å². The molecule has 29 heavy (non-hydrogen) atoms. The molecule has 2 nitrogen and oxygen atoms in total. The summed E-state index contributed by atoms with van der Waals surface area (Å²) in [7, 11) is 9.13. The van der Waals surface area contributed by atoms with Crippen LogP contribution in [0.3, 0.4) is 0 Å². The highest BCUT2D eigenvalue weighted by Gasteiger charge is 2.14. The van der Waals surface area contributed by atoms with Gasteiger partial charge in [0.1, 0.15) is 0 Å². The van der Waals surface area contributed by atoms with Crippen molar-refractivity contribution in [2.24, 2.45) is 0 Å². The second kappa shape index (κ2) is 23.1. The summed E-state index contributed by atoms with van der Waals surface area (Å²) in [4.78, 5) is 2.30. The molecule has 0 saturated heterocycles. The molecule has 0 saturated carbocycles. The molecule has 0 N–H and O–H groups in total. The number of nitrogens with zero attached hydrogens (tertiary/aromatic N) is 2. The summed E-state index contributed by atoms with van der Waals surface area (Å²) in [6, 6.07) is 0. The Morgan fingerprint density at radius 3 is 1.10 bits per heavy atom. The van der Waals surface area contributed by atoms with E-state index in [0.717, 1.165) is 0 Å². The summed E-state index contributed by atoms with van der Waals surface area (Å²) in [5.74, 6) is 0. The third-order valence-electron chi connectivity index (χ3n) is 6.27. The maximum atomic E-state index is 2.39. The monoisotopic (exact) mass is 476 g/mol. The number of halogens is 1. The second-order valence-corrected chi connectivity index (χ2v) is 10.2. The summed E-state index contributed by atoms with van der Waals surface area (Å²) in [6.07, 6.45) is 26.3. The Balaban J connectivity index is 0. The molecular formula is C26H57BrN2. The fraction of sp³-hybridized carbons (Fsp3) is 1.00. The molecule has 0 bridgehead atoms. The van der Waals surface area contributed by atoms with Crippen molar-refractivity contribution < 1.29 is 21.5 Å². The lowest BCUT2D eigenvalue weighted by atomic mass is 10.0. The zero-order valence-corrected chi connectivity index (χ0v) is 22.7. The van der Waals surface area contributed by atoms with Crippen LogP contribution in [0.5, 0.6) is 0 Å². The molecule has 0 amide bonds. The Hall–Kier alpha value is 0.400. The number of hydrogen-bond donors (Lipinski definition) is 0. The number of likely N-dealkylation sites (N-methyl/N-ethyl adjacent to an activating group) is 2. The van der Waals surface area contributed by atoms with Crippen LogP contribution in [0.4, 0.5) is 0 Å². The minimum Gasteiger partial charge on any atom is -1.00 e. The molecule has 0 aromatic carbocycles. The number of rotatable bonds is 22. The average Bonchev–Trinajstić information content (AvgIpc) is 2.65. The Bertz CT molecular complexity index is 305. The van der Waals surface area contributed by atoms with Crippen LogP contribution < -0.4 is 17.0 Å². The minimum atomic E-state index is 0. The smallest absolute Gasteiger partial charge is 0.0911 e. The quantitative estimate of drug-likeness (QED) is 0.162. The molecule has 0 spiro atoms. The van der Waals surface area contributed by atoms with E-state index in [1.807, 2.05) is 0 Å². The van der Waals surface area contributed by atoms with Gasteiger partial charge >= 0.3 is 0 Å². The Labute approximate surface area is 196 Å². The molecule has 0 rings (SSSR count). The van der Waals surface area contributed by atoms with Crippen molar-refractivity contribution in [2.75, 3.05) is 47.8 Å². The first-order valence-corrected chi connectivity index (χ1v) is 12.9. The van der Waals surface area contributed by atoms with E-state index >= 15 is 0 Å². The standard InChI is InChI=1S/C26H57N2.BrH/c1-6-7-8-9-10-11-12-13-14-15-16-17-18-19-20-21-22-23-25-28(4,5)26-24-27(2)3;/h6-26H2,1-5H3;1H/q+1;/p-1. The third kappa shape index (κ3) is 26.4. The van der Waals surface area contributed by atoms with Gasteiger partial charge in [-0.1, -0.05) is 110 Å². The van der Waals surface area contributed by atoms with Crippen LogP contribution in [0.1, 0.15) is 122 Å². The molecule has 0 heterocycles. The van der Waals surface area contributed by atoms with Crippen molar-refractivity contribution in [3.8, 4) is 0 Å². The molecule has 0 aliphatic carbocycles. The maximum Gasteiger partial charge on any atom is 0.0911 e. The number of hydrogen-bond acceptors (Lipinski definition) is 1. The zero-order valence-electron chi connectivity index (χ0n) is 21.1. The lowest BCUT2D eigenvalue weighted by Crippen LogP contribution is -3.00. The van der Waals surface area contributed by atoms with Crippen molar-refractivity contribution in [3.63, 3.8) is 0 Å². The zero-order chi connectivity index (χ0) is 20.9. The van der Waals surface area contributed by atoms with Crippen molar-refractivity contribution in [1.82, 2.24) is 4.90 Å². The normalized spacial score (nSPS) is 11.8. The molecule has 0 fully saturated rings. The Morgan fingerprint density at radius 2 is 0.793 bits per heavy atom. The van der Waals surface area contributed by atoms with Crippen LogP contribution in [0.15, 0.2) is 0 Å². The highest BCUT2D eigenvalue weighted by atomic mass is 79.9. The van der Waals surface area contributed by atoms with Crippen LogP contribution >= 0.6 is 0 Å². The number of quaternary nitrogens is 1. The first-order chi connectivity index (χ1) is 13.5. The van der Waals surface area contributed by atoms with E-state index in [1.54, 1.807) is 0 Å². The Morgan fingerprint density at radius 1 is 0.483 bits per heavy atom. The van der Waals surface area contributed by atoms with E-state index in [2.05, 4.69) is 40.0 Å². The van der Waals surface area contributed by atoms with Crippen molar-refractivity contribution >= 4 is 0 Å². The third-order valence-corrected chi connectivity index (χ3v) is 6.27. The lowest BCUT2D eigenvalue weighted by molar-refractivity contribution is -0.890. The van der Waals surface area contributed by atoms with Crippen molar-refractivity contribution in [3.05, 3.63) is 0 Å². The second-order valence-electron chi connectivity index (χ2n) is 10.2. The predicted molar refractivity (Wildman–Crippen MR) is 129 cm³/mol. The van der Waals surface area contributed by atoms with E-state index in [4.69, 9.17) is 0 Å². The SMILES string of the molecule is CCCCCCCCCCCCCCCCCCCC[N+](C)(C)CCN(C)C.[Br-]. The molecule has 0 aliphatic heterocycles. The van der Waals surface area contributed by atoms with E-state index < -0.39 is 0 Å². The largest absolute Gasteiger partial charge is 1.00 e. The molecule has 0 aromatic heterocycles. The van der Waals surface area contributed by atoms with Gasteiger partial charge < -0.3 is 26.4 Å². The Kier molecular flexibility index (Phi) is 25.1. The summed E-state index contributed by atoms with van der Waals surface area (Å²) in [5.41, 5.74) is 0. The average molecular weight is 478 g/mol. The van der Waals surface area contributed by atoms with Gasteiger partial charge in [0.25, 0.3) is 0 Å². The molecule has 0 atom stereocenters. The molecule has 0 aliphatic rings. The van der Waals surface area contributed by atoms with E-state index in [0.29, 0.717) is 0 Å². The van der Waals surface area contributed by atoms with E-state index in [-0.39, 0.29) is 17.0 Å². The van der Waals surface area contributed by atoms with Gasteiger partial charge in [-0.3, -0.25) is 0 Å². The van der Waals surface area contributed by atoms with Gasteiger partial charge in [0.05, 0.1) is 27.2 Å². The van der Waals surface area contributed by atoms with Crippen LogP contribution in [-0.2, 0) is 0 Å². The molecule has 0 radical (unpaired) electrons. The van der Waals surface area contributed by atoms with Gasteiger partial charge in [-0.05, 0) is 26.9 Å². The molecule has 0 aromatic rings. The van der Waals surface area contributed by atoms with Crippen LogP contribution in [0, 0.1) is 0 Å². The summed E-state index contributed by atoms with van der Waals surface area (Å²) in [5, 5.41) is 0. The fourth-order valence-electron chi connectivity index (χ4n) is 4.02. The summed E-state index contributed by atoms with van der Waals surface area (Å²) < 4.78 is 1.18. The van der Waals surface area contributed by atoms with Gasteiger partial charge in [0.2, 0.25) is 0 Å². The van der Waals surface area contributed by atoms with Gasteiger partial charge in [-0.15, -0.1) is 0 Å². The van der Waals surface area contributed by atoms with Gasteiger partial charge in [0, 0.05) is 6.54 Å². The molecule has 178 valence electrons. The van der Waals surface area contributed by atoms with E-state index in [9.17, 15) is 0 Å². The first-order valence-electron chi connectivity index (χ1n) is 12.9. The maximum absolute atomic E-state index is 2.39. The van der Waals surface area contributed by atoms with Crippen molar-refractivity contribution in [2.45, 2.75) is 122 Å². The van der Waals surface area contributed by atoms with Crippen LogP contribution in [-0.4, -0.2) is 57.2 Å². The topological polar surface area (TPSA) is 3.24 Å².